The van der Waals surface area contributed by atoms with E-state index in [0.29, 0.717) is 11.1 Å². The van der Waals surface area contributed by atoms with Gasteiger partial charge in [0.25, 0.3) is 11.5 Å². The number of nitrogens with zero attached hydrogens (tertiary/aromatic N) is 1. The van der Waals surface area contributed by atoms with Gasteiger partial charge in [-0.1, -0.05) is 30.3 Å². The molecule has 4 rings (SSSR count). The number of anilines is 1. The van der Waals surface area contributed by atoms with Crippen LogP contribution >= 0.6 is 0 Å². The topological polar surface area (TPSA) is 71.3 Å². The van der Waals surface area contributed by atoms with Crippen LogP contribution in [0.25, 0.3) is 10.9 Å². The molecule has 2 heterocycles. The standard InChI is InChI=1S/C19H16N2O3/c1-11-10-12-6-5-9-14-16(12)21(11)19(24)15(17(14)22)18(23)20-13-7-3-2-4-8-13/h2-9,11,22H,10H2,1H3,(H,20,23)/t11-/m1/s1. The fourth-order valence-electron chi connectivity index (χ4n) is 3.44. The highest BCUT2D eigenvalue weighted by Crippen LogP contribution is 2.36. The first-order valence-electron chi connectivity index (χ1n) is 7.83. The van der Waals surface area contributed by atoms with Crippen molar-refractivity contribution in [3.8, 4) is 5.75 Å². The monoisotopic (exact) mass is 320 g/mol. The maximum atomic E-state index is 12.9. The Morgan fingerprint density at radius 3 is 2.67 bits per heavy atom. The van der Waals surface area contributed by atoms with Crippen LogP contribution in [0.5, 0.6) is 5.75 Å². The van der Waals surface area contributed by atoms with Crippen molar-refractivity contribution in [2.45, 2.75) is 19.4 Å². The molecule has 1 aromatic heterocycles. The summed E-state index contributed by atoms with van der Waals surface area (Å²) in [5.41, 5.74) is 1.65. The summed E-state index contributed by atoms with van der Waals surface area (Å²) in [6, 6.07) is 14.4. The first kappa shape index (κ1) is 14.5. The van der Waals surface area contributed by atoms with Crippen LogP contribution in [0.15, 0.2) is 53.3 Å². The number of hydrogen-bond acceptors (Lipinski definition) is 3. The number of hydrogen-bond donors (Lipinski definition) is 2. The van der Waals surface area contributed by atoms with E-state index in [1.165, 1.54) is 0 Å². The van der Waals surface area contributed by atoms with Crippen molar-refractivity contribution in [2.75, 3.05) is 5.32 Å². The molecule has 120 valence electrons. The zero-order chi connectivity index (χ0) is 16.8. The molecule has 1 aliphatic rings. The maximum absolute atomic E-state index is 12.9. The maximum Gasteiger partial charge on any atom is 0.268 e. The summed E-state index contributed by atoms with van der Waals surface area (Å²) in [5.74, 6) is -0.852. The Hall–Kier alpha value is -3.08. The Bertz CT molecular complexity index is 1020. The summed E-state index contributed by atoms with van der Waals surface area (Å²) in [6.45, 7) is 1.94. The second kappa shape index (κ2) is 5.23. The van der Waals surface area contributed by atoms with E-state index in [-0.39, 0.29) is 17.4 Å². The highest BCUT2D eigenvalue weighted by molar-refractivity contribution is 6.09. The predicted octanol–water partition coefficient (Wildman–Crippen LogP) is 3.08. The van der Waals surface area contributed by atoms with Crippen molar-refractivity contribution < 1.29 is 9.90 Å². The number of rotatable bonds is 2. The van der Waals surface area contributed by atoms with E-state index < -0.39 is 11.5 Å². The van der Waals surface area contributed by atoms with E-state index in [4.69, 9.17) is 0 Å². The van der Waals surface area contributed by atoms with Crippen molar-refractivity contribution in [3.05, 3.63) is 70.0 Å². The van der Waals surface area contributed by atoms with Crippen molar-refractivity contribution in [1.82, 2.24) is 4.57 Å². The lowest BCUT2D eigenvalue weighted by atomic mass is 10.1. The van der Waals surface area contributed by atoms with Crippen molar-refractivity contribution in [2.24, 2.45) is 0 Å². The molecule has 0 saturated carbocycles. The van der Waals surface area contributed by atoms with Crippen LogP contribution in [-0.4, -0.2) is 15.6 Å². The number of carbonyl (C=O) groups is 1. The molecule has 0 saturated heterocycles. The molecule has 0 fully saturated rings. The molecule has 2 N–H and O–H groups in total. The van der Waals surface area contributed by atoms with Crippen LogP contribution in [0.2, 0.25) is 0 Å². The SMILES string of the molecule is C[C@@H]1Cc2cccc3c(O)c(C(=O)Nc4ccccc4)c(=O)n1c23. The Kier molecular flexibility index (Phi) is 3.16. The lowest BCUT2D eigenvalue weighted by molar-refractivity contribution is 0.102. The average molecular weight is 320 g/mol. The molecule has 5 heteroatoms. The fraction of sp³-hybridized carbons (Fsp3) is 0.158. The number of nitrogens with one attached hydrogen (secondary N) is 1. The molecule has 1 atom stereocenters. The molecule has 1 amide bonds. The Morgan fingerprint density at radius 2 is 1.92 bits per heavy atom. The first-order valence-corrected chi connectivity index (χ1v) is 7.83. The van der Waals surface area contributed by atoms with E-state index in [1.54, 1.807) is 34.9 Å². The summed E-state index contributed by atoms with van der Waals surface area (Å²) < 4.78 is 1.62. The Morgan fingerprint density at radius 1 is 1.17 bits per heavy atom. The number of aromatic nitrogens is 1. The van der Waals surface area contributed by atoms with Crippen LogP contribution in [0.1, 0.15) is 28.9 Å². The largest absolute Gasteiger partial charge is 0.506 e. The molecule has 5 nitrogen and oxygen atoms in total. The van der Waals surface area contributed by atoms with Gasteiger partial charge in [0.1, 0.15) is 11.3 Å². The molecule has 0 unspecified atom stereocenters. The number of carbonyl (C=O) groups excluding carboxylic acids is 1. The molecule has 2 aromatic carbocycles. The zero-order valence-electron chi connectivity index (χ0n) is 13.1. The van der Waals surface area contributed by atoms with Crippen LogP contribution in [0, 0.1) is 0 Å². The highest BCUT2D eigenvalue weighted by Gasteiger charge is 2.29. The molecule has 0 bridgehead atoms. The third-order valence-corrected chi connectivity index (χ3v) is 4.50. The van der Waals surface area contributed by atoms with Crippen molar-refractivity contribution in [3.63, 3.8) is 0 Å². The van der Waals surface area contributed by atoms with Gasteiger partial charge in [0, 0.05) is 17.1 Å². The second-order valence-corrected chi connectivity index (χ2v) is 6.09. The van der Waals surface area contributed by atoms with Gasteiger partial charge in [-0.25, -0.2) is 0 Å². The predicted molar refractivity (Wildman–Crippen MR) is 92.7 cm³/mol. The summed E-state index contributed by atoms with van der Waals surface area (Å²) in [5, 5.41) is 13.8. The number of pyridine rings is 1. The number of amides is 1. The van der Waals surface area contributed by atoms with Gasteiger partial charge < -0.3 is 15.0 Å². The number of benzene rings is 2. The molecule has 0 radical (unpaired) electrons. The molecular formula is C19H16N2O3. The summed E-state index contributed by atoms with van der Waals surface area (Å²) in [7, 11) is 0. The van der Waals surface area contributed by atoms with E-state index in [0.717, 1.165) is 17.5 Å². The number of para-hydroxylation sites is 2. The van der Waals surface area contributed by atoms with Gasteiger partial charge in [0.05, 0.1) is 5.52 Å². The minimum atomic E-state index is -0.598. The van der Waals surface area contributed by atoms with Gasteiger partial charge in [-0.15, -0.1) is 0 Å². The second-order valence-electron chi connectivity index (χ2n) is 6.09. The van der Waals surface area contributed by atoms with E-state index in [2.05, 4.69) is 5.32 Å². The van der Waals surface area contributed by atoms with Gasteiger partial charge in [-0.05, 0) is 37.1 Å². The van der Waals surface area contributed by atoms with Gasteiger partial charge in [0.2, 0.25) is 0 Å². The van der Waals surface area contributed by atoms with Gasteiger partial charge in [-0.3, -0.25) is 9.59 Å². The van der Waals surface area contributed by atoms with Gasteiger partial charge >= 0.3 is 0 Å². The normalized spacial score (nSPS) is 15.6. The minimum absolute atomic E-state index is 0.0405. The minimum Gasteiger partial charge on any atom is -0.506 e. The number of aromatic hydroxyl groups is 1. The van der Waals surface area contributed by atoms with E-state index in [1.807, 2.05) is 25.1 Å². The molecule has 1 aliphatic heterocycles. The van der Waals surface area contributed by atoms with Crippen LogP contribution in [-0.2, 0) is 6.42 Å². The Balaban J connectivity index is 1.92. The zero-order valence-corrected chi connectivity index (χ0v) is 13.1. The third-order valence-electron chi connectivity index (χ3n) is 4.50. The van der Waals surface area contributed by atoms with Crippen LogP contribution in [0.4, 0.5) is 5.69 Å². The third kappa shape index (κ3) is 2.01. The van der Waals surface area contributed by atoms with E-state index >= 15 is 0 Å². The molecule has 0 spiro atoms. The van der Waals surface area contributed by atoms with Crippen molar-refractivity contribution >= 4 is 22.5 Å². The molecular weight excluding hydrogens is 304 g/mol. The van der Waals surface area contributed by atoms with Crippen LogP contribution < -0.4 is 10.9 Å². The molecule has 3 aromatic rings. The quantitative estimate of drug-likeness (QED) is 0.762. The molecule has 0 aliphatic carbocycles. The van der Waals surface area contributed by atoms with E-state index in [9.17, 15) is 14.7 Å². The summed E-state index contributed by atoms with van der Waals surface area (Å²) in [4.78, 5) is 25.5. The lowest BCUT2D eigenvalue weighted by Gasteiger charge is -2.14. The lowest BCUT2D eigenvalue weighted by Crippen LogP contribution is -2.30. The van der Waals surface area contributed by atoms with Gasteiger partial charge in [-0.2, -0.15) is 0 Å². The molecule has 24 heavy (non-hydrogen) atoms. The van der Waals surface area contributed by atoms with Crippen molar-refractivity contribution in [1.29, 1.82) is 0 Å². The fourth-order valence-corrected chi connectivity index (χ4v) is 3.44. The summed E-state index contributed by atoms with van der Waals surface area (Å²) in [6.07, 6.45) is 0.718. The highest BCUT2D eigenvalue weighted by atomic mass is 16.3. The van der Waals surface area contributed by atoms with Gasteiger partial charge in [0.15, 0.2) is 0 Å². The summed E-state index contributed by atoms with van der Waals surface area (Å²) >= 11 is 0. The Labute approximate surface area is 138 Å². The first-order chi connectivity index (χ1) is 11.6. The smallest absolute Gasteiger partial charge is 0.268 e. The van der Waals surface area contributed by atoms with Crippen LogP contribution in [0.3, 0.4) is 0 Å². The average Bonchev–Trinajstić information content (AvgIpc) is 2.90.